The van der Waals surface area contributed by atoms with Crippen molar-refractivity contribution in [3.8, 4) is 0 Å². The molecule has 0 aromatic carbocycles. The van der Waals surface area contributed by atoms with Crippen molar-refractivity contribution in [2.45, 2.75) is 44.2 Å². The van der Waals surface area contributed by atoms with Gasteiger partial charge in [0.1, 0.15) is 0 Å². The molecular formula is C11H18ClNO2. The Morgan fingerprint density at radius 3 is 2.93 bits per heavy atom. The summed E-state index contributed by atoms with van der Waals surface area (Å²) in [6, 6.07) is 0.379. The number of likely N-dealkylation sites (tertiary alicyclic amines) is 1. The Bertz CT molecular complexity index is 247. The van der Waals surface area contributed by atoms with Gasteiger partial charge in [0.2, 0.25) is 5.91 Å². The van der Waals surface area contributed by atoms with Gasteiger partial charge in [-0.15, -0.1) is 11.6 Å². The molecule has 1 saturated carbocycles. The number of fused-ring (bicyclic) bond motifs is 1. The maximum Gasteiger partial charge on any atom is 0.223 e. The number of alkyl halides is 1. The number of rotatable bonds is 3. The average Bonchev–Trinajstić information content (AvgIpc) is 2.55. The van der Waals surface area contributed by atoms with Crippen LogP contribution in [-0.2, 0) is 4.79 Å². The molecule has 0 bridgehead atoms. The highest BCUT2D eigenvalue weighted by molar-refractivity contribution is 6.18. The Hall–Kier alpha value is -0.280. The average molecular weight is 232 g/mol. The molecule has 1 aliphatic heterocycles. The first-order valence-electron chi connectivity index (χ1n) is 5.76. The minimum atomic E-state index is -0.573. The molecule has 1 aliphatic carbocycles. The van der Waals surface area contributed by atoms with Gasteiger partial charge in [-0.2, -0.15) is 0 Å². The van der Waals surface area contributed by atoms with Crippen LogP contribution < -0.4 is 0 Å². The smallest absolute Gasteiger partial charge is 0.223 e. The molecule has 2 rings (SSSR count). The van der Waals surface area contributed by atoms with Crippen molar-refractivity contribution in [2.75, 3.05) is 12.4 Å². The molecule has 3 nitrogen and oxygen atoms in total. The quantitative estimate of drug-likeness (QED) is 0.746. The minimum absolute atomic E-state index is 0.205. The van der Waals surface area contributed by atoms with Gasteiger partial charge < -0.3 is 10.0 Å². The van der Waals surface area contributed by atoms with E-state index in [1.807, 2.05) is 4.90 Å². The van der Waals surface area contributed by atoms with Gasteiger partial charge in [0.05, 0.1) is 12.0 Å². The van der Waals surface area contributed by atoms with Crippen LogP contribution in [0.4, 0.5) is 0 Å². The number of halogens is 1. The molecule has 0 radical (unpaired) electrons. The van der Waals surface area contributed by atoms with E-state index in [1.54, 1.807) is 0 Å². The van der Waals surface area contributed by atoms with Crippen LogP contribution in [0.1, 0.15) is 32.1 Å². The number of β-amino-alcohol motifs (C(OH)–C–C–N with tert-alkyl or cyclic N) is 1. The summed E-state index contributed by atoms with van der Waals surface area (Å²) in [6.07, 6.45) is 4.84. The summed E-state index contributed by atoms with van der Waals surface area (Å²) in [5.41, 5.74) is 0. The van der Waals surface area contributed by atoms with Crippen molar-refractivity contribution in [3.63, 3.8) is 0 Å². The predicted octanol–water partition coefficient (Wildman–Crippen LogP) is 1.38. The molecule has 1 amide bonds. The molecule has 0 spiro atoms. The van der Waals surface area contributed by atoms with Crippen LogP contribution in [0, 0.1) is 5.92 Å². The van der Waals surface area contributed by atoms with Gasteiger partial charge in [-0.05, 0) is 18.8 Å². The van der Waals surface area contributed by atoms with E-state index in [0.29, 0.717) is 24.9 Å². The summed E-state index contributed by atoms with van der Waals surface area (Å²) >= 11 is 5.57. The molecule has 0 aromatic rings. The van der Waals surface area contributed by atoms with Crippen LogP contribution >= 0.6 is 11.6 Å². The second-order valence-corrected chi connectivity index (χ2v) is 4.98. The van der Waals surface area contributed by atoms with E-state index in [1.165, 1.54) is 19.3 Å². The molecule has 0 aromatic heterocycles. The SMILES string of the molecule is O=C1CC2CCCCC2N1CC(O)CCl. The van der Waals surface area contributed by atoms with Crippen molar-refractivity contribution in [3.05, 3.63) is 0 Å². The number of hydrogen-bond donors (Lipinski definition) is 1. The van der Waals surface area contributed by atoms with Gasteiger partial charge in [-0.25, -0.2) is 0 Å². The summed E-state index contributed by atoms with van der Waals surface area (Å²) < 4.78 is 0. The van der Waals surface area contributed by atoms with E-state index in [2.05, 4.69) is 0 Å². The van der Waals surface area contributed by atoms with E-state index in [4.69, 9.17) is 11.6 Å². The van der Waals surface area contributed by atoms with Crippen molar-refractivity contribution < 1.29 is 9.90 Å². The minimum Gasteiger partial charge on any atom is -0.390 e. The maximum absolute atomic E-state index is 11.8. The number of carbonyl (C=O) groups is 1. The summed E-state index contributed by atoms with van der Waals surface area (Å²) in [5, 5.41) is 9.50. The standard InChI is InChI=1S/C11H18ClNO2/c12-6-9(14)7-13-10-4-2-1-3-8(10)5-11(13)15/h8-10,14H,1-7H2. The lowest BCUT2D eigenvalue weighted by Gasteiger charge is -2.32. The number of hydrogen-bond acceptors (Lipinski definition) is 2. The third kappa shape index (κ3) is 2.28. The number of aliphatic hydroxyl groups is 1. The number of nitrogens with zero attached hydrogens (tertiary/aromatic N) is 1. The summed E-state index contributed by atoms with van der Waals surface area (Å²) in [4.78, 5) is 13.6. The highest BCUT2D eigenvalue weighted by Gasteiger charge is 2.40. The van der Waals surface area contributed by atoms with E-state index in [0.717, 1.165) is 6.42 Å². The zero-order valence-corrected chi connectivity index (χ0v) is 9.62. The highest BCUT2D eigenvalue weighted by Crippen LogP contribution is 2.36. The second-order valence-electron chi connectivity index (χ2n) is 4.67. The van der Waals surface area contributed by atoms with E-state index >= 15 is 0 Å². The van der Waals surface area contributed by atoms with E-state index in [-0.39, 0.29) is 11.8 Å². The third-order valence-corrected chi connectivity index (χ3v) is 3.97. The van der Waals surface area contributed by atoms with E-state index in [9.17, 15) is 9.90 Å². The van der Waals surface area contributed by atoms with Gasteiger partial charge in [0, 0.05) is 19.0 Å². The van der Waals surface area contributed by atoms with Crippen LogP contribution in [0.5, 0.6) is 0 Å². The lowest BCUT2D eigenvalue weighted by atomic mass is 9.85. The first kappa shape index (κ1) is 11.2. The highest BCUT2D eigenvalue weighted by atomic mass is 35.5. The predicted molar refractivity (Wildman–Crippen MR) is 58.8 cm³/mol. The fourth-order valence-electron chi connectivity index (χ4n) is 2.88. The Morgan fingerprint density at radius 2 is 2.20 bits per heavy atom. The van der Waals surface area contributed by atoms with Crippen LogP contribution in [0.2, 0.25) is 0 Å². The Morgan fingerprint density at radius 1 is 1.47 bits per heavy atom. The lowest BCUT2D eigenvalue weighted by Crippen LogP contribution is -2.42. The molecule has 86 valence electrons. The summed E-state index contributed by atoms with van der Waals surface area (Å²) in [6.45, 7) is 0.420. The van der Waals surface area contributed by atoms with Gasteiger partial charge >= 0.3 is 0 Å². The van der Waals surface area contributed by atoms with Crippen molar-refractivity contribution in [1.82, 2.24) is 4.90 Å². The Labute approximate surface area is 95.4 Å². The van der Waals surface area contributed by atoms with Crippen LogP contribution in [0.15, 0.2) is 0 Å². The van der Waals surface area contributed by atoms with Gasteiger partial charge in [0.15, 0.2) is 0 Å². The zero-order chi connectivity index (χ0) is 10.8. The van der Waals surface area contributed by atoms with Gasteiger partial charge in [-0.3, -0.25) is 4.79 Å². The first-order valence-corrected chi connectivity index (χ1v) is 6.29. The largest absolute Gasteiger partial charge is 0.390 e. The molecule has 3 unspecified atom stereocenters. The fourth-order valence-corrected chi connectivity index (χ4v) is 2.97. The molecule has 4 heteroatoms. The summed E-state index contributed by atoms with van der Waals surface area (Å²) in [5.74, 6) is 0.950. The molecule has 15 heavy (non-hydrogen) atoms. The second kappa shape index (κ2) is 4.71. The van der Waals surface area contributed by atoms with Crippen LogP contribution in [0.3, 0.4) is 0 Å². The monoisotopic (exact) mass is 231 g/mol. The maximum atomic E-state index is 11.8. The Kier molecular flexibility index (Phi) is 3.52. The molecule has 1 heterocycles. The van der Waals surface area contributed by atoms with Gasteiger partial charge in [0.25, 0.3) is 0 Å². The molecule has 2 fully saturated rings. The van der Waals surface area contributed by atoms with Crippen LogP contribution in [0.25, 0.3) is 0 Å². The first-order chi connectivity index (χ1) is 7.22. The molecule has 2 aliphatic rings. The molecule has 3 atom stereocenters. The number of carbonyl (C=O) groups excluding carboxylic acids is 1. The summed E-state index contributed by atoms with van der Waals surface area (Å²) in [7, 11) is 0. The number of amides is 1. The van der Waals surface area contributed by atoms with E-state index < -0.39 is 6.10 Å². The van der Waals surface area contributed by atoms with Gasteiger partial charge in [-0.1, -0.05) is 12.8 Å². The van der Waals surface area contributed by atoms with Crippen LogP contribution in [-0.4, -0.2) is 40.5 Å². The normalized spacial score (nSPS) is 32.9. The topological polar surface area (TPSA) is 40.5 Å². The van der Waals surface area contributed by atoms with Crippen molar-refractivity contribution in [2.24, 2.45) is 5.92 Å². The molecule has 1 saturated heterocycles. The fraction of sp³-hybridized carbons (Fsp3) is 0.909. The Balaban J connectivity index is 2.00. The number of aliphatic hydroxyl groups excluding tert-OH is 1. The molecular weight excluding hydrogens is 214 g/mol. The van der Waals surface area contributed by atoms with Crippen molar-refractivity contribution in [1.29, 1.82) is 0 Å². The zero-order valence-electron chi connectivity index (χ0n) is 8.86. The molecule has 1 N–H and O–H groups in total. The lowest BCUT2D eigenvalue weighted by molar-refractivity contribution is -0.130. The third-order valence-electron chi connectivity index (χ3n) is 3.61. The van der Waals surface area contributed by atoms with Crippen molar-refractivity contribution >= 4 is 17.5 Å².